The molecular formula is C14H23N3O2. The van der Waals surface area contributed by atoms with Gasteiger partial charge in [0.2, 0.25) is 5.91 Å². The highest BCUT2D eigenvalue weighted by atomic mass is 16.3. The van der Waals surface area contributed by atoms with Crippen LogP contribution in [0.5, 0.6) is 0 Å². The Labute approximate surface area is 114 Å². The molecule has 1 heterocycles. The third-order valence-corrected chi connectivity index (χ3v) is 3.83. The predicted molar refractivity (Wildman–Crippen MR) is 72.5 cm³/mol. The van der Waals surface area contributed by atoms with Crippen LogP contribution < -0.4 is 5.32 Å². The van der Waals surface area contributed by atoms with Crippen LogP contribution in [0.3, 0.4) is 0 Å². The smallest absolute Gasteiger partial charge is 0.223 e. The minimum absolute atomic E-state index is 0.0738. The van der Waals surface area contributed by atoms with Crippen molar-refractivity contribution in [1.29, 1.82) is 0 Å². The lowest BCUT2D eigenvalue weighted by molar-refractivity contribution is -0.126. The molecule has 0 unspecified atom stereocenters. The van der Waals surface area contributed by atoms with E-state index < -0.39 is 5.60 Å². The Bertz CT molecular complexity index is 448. The fourth-order valence-electron chi connectivity index (χ4n) is 2.79. The Balaban J connectivity index is 1.86. The van der Waals surface area contributed by atoms with Crippen molar-refractivity contribution in [3.05, 3.63) is 17.5 Å². The van der Waals surface area contributed by atoms with Crippen molar-refractivity contribution in [2.45, 2.75) is 57.6 Å². The van der Waals surface area contributed by atoms with E-state index in [1.165, 1.54) is 0 Å². The lowest BCUT2D eigenvalue weighted by atomic mass is 9.97. The van der Waals surface area contributed by atoms with Gasteiger partial charge < -0.3 is 10.4 Å². The van der Waals surface area contributed by atoms with Crippen molar-refractivity contribution in [1.82, 2.24) is 15.1 Å². The van der Waals surface area contributed by atoms with Crippen molar-refractivity contribution in [3.63, 3.8) is 0 Å². The van der Waals surface area contributed by atoms with Crippen molar-refractivity contribution in [3.8, 4) is 0 Å². The van der Waals surface area contributed by atoms with Gasteiger partial charge in [0.1, 0.15) is 0 Å². The number of nitrogens with one attached hydrogen (secondary N) is 1. The van der Waals surface area contributed by atoms with E-state index in [1.807, 2.05) is 13.2 Å². The molecule has 5 heteroatoms. The van der Waals surface area contributed by atoms with Gasteiger partial charge in [0.25, 0.3) is 0 Å². The second-order valence-corrected chi connectivity index (χ2v) is 5.51. The van der Waals surface area contributed by atoms with Crippen LogP contribution in [0.25, 0.3) is 0 Å². The van der Waals surface area contributed by atoms with E-state index in [0.717, 1.165) is 43.4 Å². The molecule has 1 saturated carbocycles. The van der Waals surface area contributed by atoms with Gasteiger partial charge >= 0.3 is 0 Å². The Morgan fingerprint density at radius 3 is 2.84 bits per heavy atom. The largest absolute Gasteiger partial charge is 0.389 e. The SMILES string of the molecule is CCc1nn(C)cc1CNC(=O)CC1(O)CCCC1. The van der Waals surface area contributed by atoms with Crippen molar-refractivity contribution < 1.29 is 9.90 Å². The van der Waals surface area contributed by atoms with E-state index in [4.69, 9.17) is 0 Å². The lowest BCUT2D eigenvalue weighted by Crippen LogP contribution is -2.34. The predicted octanol–water partition coefficient (Wildman–Crippen LogP) is 1.29. The van der Waals surface area contributed by atoms with Crippen LogP contribution in [0.4, 0.5) is 0 Å². The van der Waals surface area contributed by atoms with Gasteiger partial charge in [-0.1, -0.05) is 19.8 Å². The van der Waals surface area contributed by atoms with E-state index in [0.29, 0.717) is 6.54 Å². The minimum atomic E-state index is -0.771. The monoisotopic (exact) mass is 265 g/mol. The number of rotatable bonds is 5. The molecule has 0 bridgehead atoms. The highest BCUT2D eigenvalue weighted by Crippen LogP contribution is 2.32. The number of carbonyl (C=O) groups is 1. The maximum absolute atomic E-state index is 11.9. The molecule has 0 aliphatic heterocycles. The molecule has 0 aromatic carbocycles. The summed E-state index contributed by atoms with van der Waals surface area (Å²) in [6, 6.07) is 0. The second-order valence-electron chi connectivity index (χ2n) is 5.51. The molecule has 106 valence electrons. The summed E-state index contributed by atoms with van der Waals surface area (Å²) in [4.78, 5) is 11.9. The van der Waals surface area contributed by atoms with E-state index in [9.17, 15) is 9.90 Å². The van der Waals surface area contributed by atoms with Crippen molar-refractivity contribution in [2.75, 3.05) is 0 Å². The quantitative estimate of drug-likeness (QED) is 0.843. The number of aryl methyl sites for hydroxylation is 2. The van der Waals surface area contributed by atoms with E-state index in [-0.39, 0.29) is 12.3 Å². The molecule has 0 atom stereocenters. The third-order valence-electron chi connectivity index (χ3n) is 3.83. The fourth-order valence-corrected chi connectivity index (χ4v) is 2.79. The van der Waals surface area contributed by atoms with Crippen LogP contribution in [0.1, 0.15) is 50.3 Å². The van der Waals surface area contributed by atoms with Crippen LogP contribution in [0, 0.1) is 0 Å². The normalized spacial score (nSPS) is 17.6. The van der Waals surface area contributed by atoms with Gasteiger partial charge in [-0.25, -0.2) is 0 Å². The average molecular weight is 265 g/mol. The maximum atomic E-state index is 11.9. The topological polar surface area (TPSA) is 67.2 Å². The summed E-state index contributed by atoms with van der Waals surface area (Å²) in [5, 5.41) is 17.4. The maximum Gasteiger partial charge on any atom is 0.223 e. The molecule has 5 nitrogen and oxygen atoms in total. The standard InChI is InChI=1S/C14H23N3O2/c1-3-12-11(10-17(2)16-12)9-15-13(18)8-14(19)6-4-5-7-14/h10,19H,3-9H2,1-2H3,(H,15,18). The molecule has 19 heavy (non-hydrogen) atoms. The summed E-state index contributed by atoms with van der Waals surface area (Å²) in [6.45, 7) is 2.54. The first-order chi connectivity index (χ1) is 9.02. The molecule has 0 spiro atoms. The van der Waals surface area contributed by atoms with Crippen LogP contribution in [0.15, 0.2) is 6.20 Å². The zero-order chi connectivity index (χ0) is 13.9. The van der Waals surface area contributed by atoms with Crippen molar-refractivity contribution >= 4 is 5.91 Å². The summed E-state index contributed by atoms with van der Waals surface area (Å²) in [5.74, 6) is -0.0738. The molecule has 2 rings (SSSR count). The van der Waals surface area contributed by atoms with Crippen LogP contribution >= 0.6 is 0 Å². The summed E-state index contributed by atoms with van der Waals surface area (Å²) in [6.07, 6.45) is 6.54. The Hall–Kier alpha value is -1.36. The van der Waals surface area contributed by atoms with E-state index in [1.54, 1.807) is 4.68 Å². The number of nitrogens with zero attached hydrogens (tertiary/aromatic N) is 2. The molecule has 1 amide bonds. The van der Waals surface area contributed by atoms with Gasteiger partial charge in [0.05, 0.1) is 17.7 Å². The summed E-state index contributed by atoms with van der Waals surface area (Å²) in [7, 11) is 1.88. The molecule has 1 aliphatic rings. The first-order valence-corrected chi connectivity index (χ1v) is 7.03. The molecule has 1 aromatic heterocycles. The van der Waals surface area contributed by atoms with Crippen LogP contribution in [-0.4, -0.2) is 26.4 Å². The minimum Gasteiger partial charge on any atom is -0.389 e. The number of hydrogen-bond donors (Lipinski definition) is 2. The zero-order valence-corrected chi connectivity index (χ0v) is 11.8. The molecule has 0 saturated heterocycles. The first-order valence-electron chi connectivity index (χ1n) is 7.03. The van der Waals surface area contributed by atoms with E-state index in [2.05, 4.69) is 17.3 Å². The summed E-state index contributed by atoms with van der Waals surface area (Å²) >= 11 is 0. The van der Waals surface area contributed by atoms with Crippen LogP contribution in [0.2, 0.25) is 0 Å². The zero-order valence-electron chi connectivity index (χ0n) is 11.8. The van der Waals surface area contributed by atoms with Gasteiger partial charge in [-0.2, -0.15) is 5.10 Å². The number of carbonyl (C=O) groups excluding carboxylic acids is 1. The lowest BCUT2D eigenvalue weighted by Gasteiger charge is -2.21. The van der Waals surface area contributed by atoms with Gasteiger partial charge in [-0.3, -0.25) is 9.48 Å². The number of amides is 1. The van der Waals surface area contributed by atoms with Crippen molar-refractivity contribution in [2.24, 2.45) is 7.05 Å². The second kappa shape index (κ2) is 5.74. The molecule has 1 fully saturated rings. The summed E-state index contributed by atoms with van der Waals surface area (Å²) < 4.78 is 1.77. The first kappa shape index (κ1) is 14.1. The summed E-state index contributed by atoms with van der Waals surface area (Å²) in [5.41, 5.74) is 1.30. The van der Waals surface area contributed by atoms with Gasteiger partial charge in [0.15, 0.2) is 0 Å². The Morgan fingerprint density at radius 1 is 1.53 bits per heavy atom. The van der Waals surface area contributed by atoms with Gasteiger partial charge in [-0.05, 0) is 19.3 Å². The number of hydrogen-bond acceptors (Lipinski definition) is 3. The number of aliphatic hydroxyl groups is 1. The highest BCUT2D eigenvalue weighted by molar-refractivity contribution is 5.77. The molecule has 2 N–H and O–H groups in total. The highest BCUT2D eigenvalue weighted by Gasteiger charge is 2.33. The molecular weight excluding hydrogens is 242 g/mol. The molecule has 0 radical (unpaired) electrons. The molecule has 1 aromatic rings. The van der Waals surface area contributed by atoms with Crippen LogP contribution in [-0.2, 0) is 24.8 Å². The Kier molecular flexibility index (Phi) is 4.24. The average Bonchev–Trinajstić information content (AvgIpc) is 2.93. The molecule has 1 aliphatic carbocycles. The number of aromatic nitrogens is 2. The van der Waals surface area contributed by atoms with Gasteiger partial charge in [-0.15, -0.1) is 0 Å². The Morgan fingerprint density at radius 2 is 2.21 bits per heavy atom. The van der Waals surface area contributed by atoms with Gasteiger partial charge in [0, 0.05) is 25.4 Å². The third kappa shape index (κ3) is 3.56. The van der Waals surface area contributed by atoms with E-state index >= 15 is 0 Å². The fraction of sp³-hybridized carbons (Fsp3) is 0.714.